The molecule has 368 valence electrons. The predicted octanol–water partition coefficient (Wildman–Crippen LogP) is 6.46. The number of aliphatic hydroxyl groups is 1. The van der Waals surface area contributed by atoms with Crippen molar-refractivity contribution in [3.05, 3.63) is 98.6 Å². The predicted molar refractivity (Wildman–Crippen MR) is 270 cm³/mol. The Kier molecular flexibility index (Phi) is 11.4. The Balaban J connectivity index is 0.753. The molecule has 6 aliphatic rings. The lowest BCUT2D eigenvalue weighted by atomic mass is 9.91. The number of hydrogen-bond donors (Lipinski definition) is 3. The van der Waals surface area contributed by atoms with Crippen LogP contribution in [0.1, 0.15) is 121 Å². The van der Waals surface area contributed by atoms with Gasteiger partial charge in [-0.15, -0.1) is 11.3 Å². The molecule has 5 amide bonds. The molecule has 0 saturated carbocycles. The van der Waals surface area contributed by atoms with Crippen LogP contribution in [-0.4, -0.2) is 123 Å². The number of aryl methyl sites for hydroxylation is 1. The van der Waals surface area contributed by atoms with E-state index in [1.165, 1.54) is 16.6 Å². The zero-order chi connectivity index (χ0) is 51.7. The first-order valence-electron chi connectivity index (χ1n) is 26.2. The zero-order valence-corrected chi connectivity index (χ0v) is 40.8. The van der Waals surface area contributed by atoms with Crippen LogP contribution in [0.15, 0.2) is 61.1 Å². The van der Waals surface area contributed by atoms with E-state index in [1.807, 2.05) is 18.2 Å². The van der Waals surface area contributed by atoms with Crippen molar-refractivity contribution in [2.75, 3.05) is 59.8 Å². The Labute approximate surface area is 420 Å². The molecule has 17 nitrogen and oxygen atoms in total. The van der Waals surface area contributed by atoms with Gasteiger partial charge in [0.1, 0.15) is 23.4 Å². The number of carbonyl (C=O) groups is 5. The average Bonchev–Trinajstić information content (AvgIpc) is 3.89. The van der Waals surface area contributed by atoms with Crippen LogP contribution in [0.3, 0.4) is 0 Å². The lowest BCUT2D eigenvalue weighted by Gasteiger charge is -2.48. The highest BCUT2D eigenvalue weighted by Gasteiger charge is 2.45. The monoisotopic (exact) mass is 981 g/mol. The summed E-state index contributed by atoms with van der Waals surface area (Å²) in [6.07, 6.45) is 10.8. The van der Waals surface area contributed by atoms with Crippen LogP contribution < -0.4 is 30.1 Å². The van der Waals surface area contributed by atoms with Gasteiger partial charge in [0.2, 0.25) is 17.7 Å². The number of aliphatic hydroxyl groups excluding tert-OH is 1. The van der Waals surface area contributed by atoms with E-state index in [9.17, 15) is 29.1 Å². The number of piperidine rings is 2. The third-order valence-electron chi connectivity index (χ3n) is 15.3. The molecule has 4 aromatic heterocycles. The van der Waals surface area contributed by atoms with E-state index in [0.29, 0.717) is 47.3 Å². The fourth-order valence-electron chi connectivity index (χ4n) is 11.8. The molecular weight excluding hydrogens is 921 g/mol. The number of aromatic nitrogens is 3. The number of pyridine rings is 3. The number of methoxy groups -OCH3 is 1. The summed E-state index contributed by atoms with van der Waals surface area (Å²) < 4.78 is 29.0. The molecule has 5 aliphatic heterocycles. The van der Waals surface area contributed by atoms with Crippen LogP contribution in [0.4, 0.5) is 28.7 Å². The first-order chi connectivity index (χ1) is 35.5. The number of nitrogens with zero attached hydrogens (tertiary/aromatic N) is 8. The number of amides is 5. The van der Waals surface area contributed by atoms with Crippen molar-refractivity contribution in [1.82, 2.24) is 30.1 Å². The first-order valence-corrected chi connectivity index (χ1v) is 25.5. The van der Waals surface area contributed by atoms with Crippen LogP contribution in [0, 0.1) is 0 Å². The average molecular weight is 982 g/mol. The third-order valence-corrected chi connectivity index (χ3v) is 16.7. The van der Waals surface area contributed by atoms with Gasteiger partial charge in [-0.25, -0.2) is 15.0 Å². The quantitative estimate of drug-likeness (QED) is 0.129. The molecule has 0 spiro atoms. The highest BCUT2D eigenvalue weighted by Crippen LogP contribution is 2.42. The van der Waals surface area contributed by atoms with Gasteiger partial charge in [-0.1, -0.05) is 0 Å². The molecule has 3 N–H and O–H groups in total. The minimum Gasteiger partial charge on any atom is -0.480 e. The number of fused-ring (bicyclic) bond motifs is 4. The summed E-state index contributed by atoms with van der Waals surface area (Å²) in [5.74, 6) is -1.54. The number of ether oxygens (including phenoxy) is 1. The first kappa shape index (κ1) is 43.1. The number of nitrogens with one attached hydrogen (secondary N) is 2. The van der Waals surface area contributed by atoms with Gasteiger partial charge in [-0.2, -0.15) is 0 Å². The summed E-state index contributed by atoms with van der Waals surface area (Å²) in [4.78, 5) is 91.1. The van der Waals surface area contributed by atoms with Gasteiger partial charge in [-0.3, -0.25) is 44.0 Å². The molecule has 71 heavy (non-hydrogen) atoms. The van der Waals surface area contributed by atoms with Gasteiger partial charge in [0.05, 0.1) is 45.1 Å². The van der Waals surface area contributed by atoms with Crippen LogP contribution >= 0.6 is 11.3 Å². The maximum absolute atomic E-state index is 14.1. The lowest BCUT2D eigenvalue weighted by molar-refractivity contribution is -0.136. The van der Waals surface area contributed by atoms with Crippen LogP contribution in [0.2, 0.25) is 0 Å². The number of carbonyl (C=O) groups excluding carboxylic acids is 5. The molecule has 5 aromatic rings. The van der Waals surface area contributed by atoms with Crippen LogP contribution in [-0.2, 0) is 28.9 Å². The molecule has 0 bridgehead atoms. The van der Waals surface area contributed by atoms with Gasteiger partial charge < -0.3 is 25.0 Å². The van der Waals surface area contributed by atoms with Crippen LogP contribution in [0.25, 0.3) is 11.1 Å². The summed E-state index contributed by atoms with van der Waals surface area (Å²) in [6, 6.07) is 12.2. The van der Waals surface area contributed by atoms with Gasteiger partial charge in [-0.05, 0) is 131 Å². The van der Waals surface area contributed by atoms with Gasteiger partial charge in [0.15, 0.2) is 0 Å². The number of piperazine rings is 1. The Morgan fingerprint density at radius 3 is 2.41 bits per heavy atom. The fourth-order valence-corrected chi connectivity index (χ4v) is 13.2. The van der Waals surface area contributed by atoms with Gasteiger partial charge in [0.25, 0.3) is 17.7 Å². The number of rotatable bonds is 10. The topological polar surface area (TPSA) is 194 Å². The minimum atomic E-state index is -2.80. The molecule has 3 saturated heterocycles. The Bertz CT molecular complexity index is 3090. The summed E-state index contributed by atoms with van der Waals surface area (Å²) in [5.41, 5.74) is 6.65. The van der Waals surface area contributed by atoms with Gasteiger partial charge in [0, 0.05) is 91.4 Å². The summed E-state index contributed by atoms with van der Waals surface area (Å²) in [6.45, 7) is 9.67. The Hall–Kier alpha value is -6.76. The highest BCUT2D eigenvalue weighted by molar-refractivity contribution is 7.14. The van der Waals surface area contributed by atoms with Crippen molar-refractivity contribution in [3.8, 4) is 17.0 Å². The second-order valence-corrected chi connectivity index (χ2v) is 20.7. The number of benzene rings is 1. The number of thiophene rings is 1. The normalized spacial score (nSPS) is 23.9. The molecule has 11 rings (SSSR count). The van der Waals surface area contributed by atoms with Crippen molar-refractivity contribution in [1.29, 1.82) is 0 Å². The van der Waals surface area contributed by atoms with E-state index in [2.05, 4.69) is 49.1 Å². The van der Waals surface area contributed by atoms with E-state index in [4.69, 9.17) is 13.8 Å². The molecule has 5 atom stereocenters. The van der Waals surface area contributed by atoms with Crippen molar-refractivity contribution < 1.29 is 37.9 Å². The van der Waals surface area contributed by atoms with Crippen molar-refractivity contribution >= 4 is 69.6 Å². The van der Waals surface area contributed by atoms with E-state index in [-0.39, 0.29) is 53.5 Å². The molecule has 9 heterocycles. The minimum absolute atomic E-state index is 0.0664. The Morgan fingerprint density at radius 1 is 0.817 bits per heavy atom. The lowest BCUT2D eigenvalue weighted by Crippen LogP contribution is -2.58. The number of anilines is 5. The second-order valence-electron chi connectivity index (χ2n) is 19.6. The molecule has 1 aliphatic carbocycles. The summed E-state index contributed by atoms with van der Waals surface area (Å²) >= 11 is 1.59. The van der Waals surface area contributed by atoms with Crippen molar-refractivity contribution in [2.24, 2.45) is 0 Å². The van der Waals surface area contributed by atoms with Crippen molar-refractivity contribution in [3.63, 3.8) is 0 Å². The maximum Gasteiger partial charge on any atom is 0.269 e. The largest absolute Gasteiger partial charge is 0.480 e. The number of imide groups is 2. The molecule has 3 fully saturated rings. The zero-order valence-electron chi connectivity index (χ0n) is 42.9. The van der Waals surface area contributed by atoms with E-state index < -0.39 is 42.8 Å². The molecular formula is C53H58N10O7S. The van der Waals surface area contributed by atoms with Crippen LogP contribution in [0.5, 0.6) is 5.88 Å². The Morgan fingerprint density at radius 2 is 1.63 bits per heavy atom. The fraction of sp³-hybridized carbons (Fsp3) is 0.434. The third kappa shape index (κ3) is 8.38. The van der Waals surface area contributed by atoms with E-state index in [1.54, 1.807) is 59.8 Å². The SMILES string of the molecule is [2H]C([2H])([2H])Oc1ncc(-c2ccnc(N3CCc4c(sc5c4CCCC5)C3=O)c2[C@@H](C)O)cc1Nc1ccc(N2CCN(C3CCN(c4ccc5c(c4)C(=O)N([C@H]4CCC(=O)NC4=O)C5=O)[C@@H](C)C3)C[C@@H]2C)cn1. The molecule has 18 heteroatoms. The van der Waals surface area contributed by atoms with E-state index >= 15 is 0 Å². The molecule has 1 unspecified atom stereocenters. The second kappa shape index (κ2) is 18.8. The molecule has 1 aromatic carbocycles. The smallest absolute Gasteiger partial charge is 0.269 e. The standard InChI is InChI=1S/C53H58N10O7S/c1-29-23-33(16-19-60(29)34-9-11-39-40(25-34)52(68)63(51(39)67)42-12-14-45(65)58-49(42)66)59-21-22-61(30(2)28-59)35-10-13-44(55-27-35)57-41-24-32(26-56-50(41)70-4)36-15-18-54-48(46(36)31(3)64)62-20-17-38-37-7-5-6-8-43(37)71-47(38)53(62)69/h9-11,13,15,18,24-27,29-31,33,42,64H,5-8,12,14,16-17,19-23,28H2,1-4H3,(H,55,57)(H,58,65,66)/t29-,30-,31+,33?,42-/m0/s1/i4D3. The number of hydrogen-bond acceptors (Lipinski definition) is 15. The van der Waals surface area contributed by atoms with Gasteiger partial charge >= 0.3 is 0 Å². The van der Waals surface area contributed by atoms with Crippen molar-refractivity contribution in [2.45, 2.75) is 109 Å². The summed E-state index contributed by atoms with van der Waals surface area (Å²) in [7, 11) is -2.80. The highest BCUT2D eigenvalue weighted by atomic mass is 32.1. The molecule has 0 radical (unpaired) electrons. The maximum atomic E-state index is 14.1. The summed E-state index contributed by atoms with van der Waals surface area (Å²) in [5, 5.41) is 16.8. The van der Waals surface area contributed by atoms with E-state index in [0.717, 1.165) is 91.4 Å².